The third kappa shape index (κ3) is 24.9. The molecule has 1 amide bonds. The van der Waals surface area contributed by atoms with Crippen LogP contribution in [0.5, 0.6) is 0 Å². The topological polar surface area (TPSA) is 81.4 Å². The quantitative estimate of drug-likeness (QED) is 0.340. The molecule has 0 unspecified atom stereocenters. The average molecular weight is 488 g/mol. The minimum Gasteiger partial charge on any atom is -0.521 e. The summed E-state index contributed by atoms with van der Waals surface area (Å²) in [7, 11) is 0. The van der Waals surface area contributed by atoms with Gasteiger partial charge in [0.1, 0.15) is 5.60 Å². The fraction of sp³-hybridized carbons (Fsp3) is 0.818. The van der Waals surface area contributed by atoms with E-state index in [9.17, 15) is 9.59 Å². The number of hydrogen-bond donors (Lipinski definition) is 2. The third-order valence-corrected chi connectivity index (χ3v) is 1.28. The molecule has 0 spiro atoms. The van der Waals surface area contributed by atoms with Crippen molar-refractivity contribution in [3.05, 3.63) is 0 Å². The standard InChI is InChI=1S/C7H12NO3.C4H11N.Fm/c1-7(2,3)11-6(10)4-8-5-9;1-2-3-4-5;/h4H2,1-3H3,(H,8,9);2-5H2,1H3;/q-1;;. The van der Waals surface area contributed by atoms with Crippen LogP contribution in [0.15, 0.2) is 0 Å². The Morgan fingerprint density at radius 2 is 1.94 bits per heavy atom. The Morgan fingerprint density at radius 1 is 1.41 bits per heavy atom. The van der Waals surface area contributed by atoms with Crippen LogP contribution in [0.1, 0.15) is 40.5 Å². The van der Waals surface area contributed by atoms with Gasteiger partial charge in [0.05, 0.1) is 6.54 Å². The van der Waals surface area contributed by atoms with Gasteiger partial charge in [-0.05, 0) is 33.7 Å². The van der Waals surface area contributed by atoms with Gasteiger partial charge in [0.25, 0.3) is 0 Å². The van der Waals surface area contributed by atoms with Crippen LogP contribution in [0.3, 0.4) is 0 Å². The molecular weight excluding hydrogens is 465 g/mol. The van der Waals surface area contributed by atoms with Crippen LogP contribution in [0.4, 0.5) is 0 Å². The molecule has 0 saturated heterocycles. The summed E-state index contributed by atoms with van der Waals surface area (Å²) in [4.78, 5) is 20.4. The van der Waals surface area contributed by atoms with Crippen molar-refractivity contribution < 1.29 is 14.3 Å². The molecule has 17 heavy (non-hydrogen) atoms. The molecule has 6 heteroatoms. The van der Waals surface area contributed by atoms with Crippen LogP contribution in [-0.4, -0.2) is 31.1 Å². The summed E-state index contributed by atoms with van der Waals surface area (Å²) in [6.07, 6.45) is 3.77. The number of hydrogen-bond acceptors (Lipinski definition) is 4. The van der Waals surface area contributed by atoms with Crippen LogP contribution >= 0.6 is 0 Å². The van der Waals surface area contributed by atoms with Crippen molar-refractivity contribution >= 4 is 12.4 Å². The zero-order valence-electron chi connectivity index (χ0n) is 10.9. The summed E-state index contributed by atoms with van der Waals surface area (Å²) >= 11 is 0. The maximum Gasteiger partial charge on any atom is 0.323 e. The molecule has 0 saturated carbocycles. The summed E-state index contributed by atoms with van der Waals surface area (Å²) in [5.41, 5.74) is 4.64. The van der Waals surface area contributed by atoms with Crippen molar-refractivity contribution in [1.82, 2.24) is 5.32 Å². The number of carbonyl (C=O) groups excluding carboxylic acids is 2. The van der Waals surface area contributed by atoms with Gasteiger partial charge >= 0.3 is 5.97 Å². The molecule has 0 radical (unpaired) electrons. The van der Waals surface area contributed by atoms with Crippen molar-refractivity contribution in [2.45, 2.75) is 46.1 Å². The molecule has 0 aliphatic carbocycles. The van der Waals surface area contributed by atoms with Gasteiger partial charge in [-0.25, -0.2) is 0 Å². The average Bonchev–Trinajstić information content (AvgIpc) is 2.14. The van der Waals surface area contributed by atoms with Gasteiger partial charge in [0, 0.05) is 0 Å². The number of nitrogens with one attached hydrogen (secondary N) is 1. The van der Waals surface area contributed by atoms with E-state index in [1.807, 2.05) is 0 Å². The Hall–Kier alpha value is -2.10. The van der Waals surface area contributed by atoms with Crippen molar-refractivity contribution in [2.24, 2.45) is 5.73 Å². The van der Waals surface area contributed by atoms with Crippen LogP contribution in [-0.2, 0) is 14.3 Å². The van der Waals surface area contributed by atoms with E-state index >= 15 is 0 Å². The first kappa shape index (κ1) is 20.3. The second kappa shape index (κ2) is 12.0. The zero-order chi connectivity index (χ0) is 13.0. The molecule has 0 rings (SSSR count). The number of esters is 1. The Kier molecular flexibility index (Phi) is 14.3. The first-order chi connectivity index (χ1) is 7.37. The van der Waals surface area contributed by atoms with E-state index in [4.69, 9.17) is 10.5 Å². The van der Waals surface area contributed by atoms with Crippen molar-refractivity contribution in [2.75, 3.05) is 13.1 Å². The monoisotopic (exact) mass is 488 g/mol. The molecule has 0 aliphatic rings. The van der Waals surface area contributed by atoms with Crippen LogP contribution < -0.4 is 11.1 Å². The number of ether oxygens (including phenoxy) is 1. The number of nitrogens with two attached hydrogens (primary N) is 1. The second-order valence-electron chi connectivity index (χ2n) is 4.18. The van der Waals surface area contributed by atoms with Gasteiger partial charge in [-0.15, -0.1) is 0 Å². The predicted molar refractivity (Wildman–Crippen MR) is 63.5 cm³/mol. The molecule has 0 bridgehead atoms. The third-order valence-electron chi connectivity index (χ3n) is 1.28. The Balaban J connectivity index is -0.000000280. The van der Waals surface area contributed by atoms with Crippen molar-refractivity contribution in [3.8, 4) is 0 Å². The van der Waals surface area contributed by atoms with Gasteiger partial charge in [-0.1, -0.05) is 13.3 Å². The molecule has 5 nitrogen and oxygen atoms in total. The molecule has 3 N–H and O–H groups in total. The van der Waals surface area contributed by atoms with Gasteiger partial charge in [-0.2, -0.15) is 6.41 Å². The molecule has 0 aromatic carbocycles. The largest absolute Gasteiger partial charge is 0.521 e. The minimum atomic E-state index is -0.498. The van der Waals surface area contributed by atoms with E-state index in [1.165, 1.54) is 19.3 Å². The van der Waals surface area contributed by atoms with Crippen molar-refractivity contribution in [3.63, 3.8) is 0 Å². The molecule has 108 valence electrons. The molecular formula is C11H23FmN2O3-. The second-order valence-corrected chi connectivity index (χ2v) is 4.18. The van der Waals surface area contributed by atoms with Gasteiger partial charge in [0.15, 0.2) is 0 Å². The maximum absolute atomic E-state index is 10.8. The summed E-state index contributed by atoms with van der Waals surface area (Å²) < 4.78 is 4.86. The maximum atomic E-state index is 10.8. The Morgan fingerprint density at radius 3 is 2.18 bits per heavy atom. The molecule has 0 fully saturated rings. The Bertz CT molecular complexity index is 192. The van der Waals surface area contributed by atoms with E-state index in [1.54, 1.807) is 20.8 Å². The zero-order valence-corrected chi connectivity index (χ0v) is 13.3. The van der Waals surface area contributed by atoms with Crippen LogP contribution in [0.2, 0.25) is 0 Å². The molecule has 0 atom stereocenters. The summed E-state index contributed by atoms with van der Waals surface area (Å²) in [6, 6.07) is 0. The minimum absolute atomic E-state index is 0. The molecule has 0 aromatic heterocycles. The molecule has 0 heterocycles. The fourth-order valence-electron chi connectivity index (χ4n) is 0.690. The van der Waals surface area contributed by atoms with E-state index in [2.05, 4.69) is 12.2 Å². The summed E-state index contributed by atoms with van der Waals surface area (Å²) in [5, 5.41) is 2.09. The van der Waals surface area contributed by atoms with Gasteiger partial charge in [-0.3, -0.25) is 4.79 Å². The first-order valence-electron chi connectivity index (χ1n) is 5.39. The smallest absolute Gasteiger partial charge is 0.323 e. The van der Waals surface area contributed by atoms with E-state index in [0.29, 0.717) is 0 Å². The van der Waals surface area contributed by atoms with Gasteiger partial charge < -0.3 is 20.6 Å². The number of unbranched alkanes of at least 4 members (excludes halogenated alkanes) is 1. The number of amides is 1. The van der Waals surface area contributed by atoms with Crippen LogP contribution in [0, 0.1) is 0 Å². The normalized spacial score (nSPS) is 9.24. The predicted octanol–water partition coefficient (Wildman–Crippen LogP) is 0.730. The van der Waals surface area contributed by atoms with Gasteiger partial charge in [0.2, 0.25) is 0 Å². The molecule has 0 aromatic rings. The molecule has 0 aliphatic heterocycles. The van der Waals surface area contributed by atoms with E-state index in [-0.39, 0.29) is 6.54 Å². The van der Waals surface area contributed by atoms with E-state index in [0.717, 1.165) is 6.54 Å². The Labute approximate surface area is 97.7 Å². The SMILES string of the molecule is CC(C)(C)OC(=O)CN[C-]=O.CCCCN.[Fm]. The summed E-state index contributed by atoms with van der Waals surface area (Å²) in [5.74, 6) is -0.458. The number of carbonyl (C=O) groups is 1. The van der Waals surface area contributed by atoms with Crippen molar-refractivity contribution in [1.29, 1.82) is 0 Å². The fourth-order valence-corrected chi connectivity index (χ4v) is 0.690. The first-order valence-corrected chi connectivity index (χ1v) is 5.39. The van der Waals surface area contributed by atoms with Crippen LogP contribution in [0.25, 0.3) is 0 Å². The van der Waals surface area contributed by atoms with E-state index < -0.39 is 11.6 Å². The summed E-state index contributed by atoms with van der Waals surface area (Å²) in [6.45, 7) is 8.13. The number of rotatable bonds is 5.